The minimum absolute atomic E-state index is 0.0366. The lowest BCUT2D eigenvalue weighted by Gasteiger charge is -2.49. The molecule has 4 rings (SSSR count). The van der Waals surface area contributed by atoms with Crippen LogP contribution in [0.4, 0.5) is 0 Å². The van der Waals surface area contributed by atoms with Crippen LogP contribution in [0.3, 0.4) is 0 Å². The number of β-lactam (4-membered cyclic amide) rings is 1. The Bertz CT molecular complexity index is 1080. The molecule has 164 valence electrons. The zero-order chi connectivity index (χ0) is 22.7. The number of carbonyl (C=O) groups excluding carboxylic acids is 3. The molecule has 2 aromatic rings. The van der Waals surface area contributed by atoms with Crippen LogP contribution >= 0.6 is 23.5 Å². The van der Waals surface area contributed by atoms with Gasteiger partial charge in [0.15, 0.2) is 0 Å². The summed E-state index contributed by atoms with van der Waals surface area (Å²) in [5, 5.41) is 9.27. The molecule has 1 saturated heterocycles. The first-order chi connectivity index (χ1) is 15.5. The Morgan fingerprint density at radius 3 is 2.34 bits per heavy atom. The highest BCUT2D eigenvalue weighted by Gasteiger charge is 2.53. The monoisotopic (exact) mass is 467 g/mol. The quantitative estimate of drug-likeness (QED) is 0.593. The maximum Gasteiger partial charge on any atom is 0.352 e. The Balaban J connectivity index is 1.42. The second-order valence-corrected chi connectivity index (χ2v) is 9.67. The number of carbonyl (C=O) groups is 4. The molecular formula is C24H21NO5S2. The van der Waals surface area contributed by atoms with E-state index < -0.39 is 11.9 Å². The van der Waals surface area contributed by atoms with Gasteiger partial charge in [-0.2, -0.15) is 0 Å². The number of fused-ring (bicyclic) bond motifs is 1. The number of Topliss-reactive ketones (excluding diaryl/α,β-unsaturated/α-hetero) is 1. The molecule has 6 nitrogen and oxygen atoms in total. The fourth-order valence-electron chi connectivity index (χ4n) is 3.88. The van der Waals surface area contributed by atoms with Crippen LogP contribution in [0.25, 0.3) is 0 Å². The summed E-state index contributed by atoms with van der Waals surface area (Å²) in [5.41, 5.74) is 1.95. The van der Waals surface area contributed by atoms with E-state index in [2.05, 4.69) is 0 Å². The molecular weight excluding hydrogens is 446 g/mol. The molecule has 2 heterocycles. The molecule has 0 unspecified atom stereocenters. The molecule has 0 aromatic heterocycles. The summed E-state index contributed by atoms with van der Waals surface area (Å²) >= 11 is 2.49. The number of nitrogens with zero attached hydrogens (tertiary/aromatic N) is 1. The molecule has 0 saturated carbocycles. The van der Waals surface area contributed by atoms with Crippen LogP contribution < -0.4 is 0 Å². The summed E-state index contributed by atoms with van der Waals surface area (Å²) < 4.78 is 0. The maximum absolute atomic E-state index is 12.8. The van der Waals surface area contributed by atoms with Crippen molar-refractivity contribution < 1.29 is 24.3 Å². The van der Waals surface area contributed by atoms with E-state index in [0.717, 1.165) is 17.3 Å². The van der Waals surface area contributed by atoms with Crippen molar-refractivity contribution in [1.29, 1.82) is 0 Å². The fraction of sp³-hybridized carbons (Fsp3) is 0.250. The maximum atomic E-state index is 12.8. The molecule has 8 heteroatoms. The summed E-state index contributed by atoms with van der Waals surface area (Å²) in [4.78, 5) is 50.9. The number of thioether (sulfide) groups is 2. The lowest BCUT2D eigenvalue weighted by atomic mass is 9.89. The SMILES string of the molecule is O=C(Cc1ccccc1)C[C@@H]1C(=O)N2C(C(=O)O)=C(CSC(=O)c3ccccc3)CS[C@H]12. The molecule has 1 fully saturated rings. The molecule has 2 aliphatic rings. The number of rotatable bonds is 8. The second kappa shape index (κ2) is 9.75. The zero-order valence-electron chi connectivity index (χ0n) is 17.1. The minimum Gasteiger partial charge on any atom is -0.477 e. The van der Waals surface area contributed by atoms with Crippen molar-refractivity contribution in [2.24, 2.45) is 5.92 Å². The van der Waals surface area contributed by atoms with Gasteiger partial charge in [0.2, 0.25) is 11.0 Å². The molecule has 0 bridgehead atoms. The standard InChI is InChI=1S/C24H21NO5S2/c26-18(11-15-7-3-1-4-8-15)12-19-21(27)25-20(23(28)29)17(13-31-22(19)25)14-32-24(30)16-9-5-2-6-10-16/h1-10,19,22H,11-14H2,(H,28,29)/t19-,22-/m1/s1. The summed E-state index contributed by atoms with van der Waals surface area (Å²) in [6.07, 6.45) is 0.360. The normalized spacial score (nSPS) is 19.9. The van der Waals surface area contributed by atoms with E-state index in [1.165, 1.54) is 16.7 Å². The Kier molecular flexibility index (Phi) is 6.81. The van der Waals surface area contributed by atoms with Crippen LogP contribution in [0.5, 0.6) is 0 Å². The molecule has 0 spiro atoms. The van der Waals surface area contributed by atoms with Gasteiger partial charge in [-0.1, -0.05) is 72.4 Å². The molecule has 1 amide bonds. The van der Waals surface area contributed by atoms with Crippen LogP contribution in [-0.2, 0) is 20.8 Å². The number of ketones is 1. The van der Waals surface area contributed by atoms with Crippen LogP contribution in [0.1, 0.15) is 22.3 Å². The molecule has 2 atom stereocenters. The third-order valence-electron chi connectivity index (χ3n) is 5.44. The van der Waals surface area contributed by atoms with Crippen LogP contribution in [-0.4, -0.2) is 49.7 Å². The van der Waals surface area contributed by atoms with Gasteiger partial charge in [-0.25, -0.2) is 4.79 Å². The Morgan fingerprint density at radius 2 is 1.69 bits per heavy atom. The lowest BCUT2D eigenvalue weighted by molar-refractivity contribution is -0.153. The predicted molar refractivity (Wildman–Crippen MR) is 124 cm³/mol. The van der Waals surface area contributed by atoms with Gasteiger partial charge in [-0.15, -0.1) is 11.8 Å². The van der Waals surface area contributed by atoms with Crippen molar-refractivity contribution in [2.75, 3.05) is 11.5 Å². The van der Waals surface area contributed by atoms with E-state index in [1.54, 1.807) is 24.3 Å². The third kappa shape index (κ3) is 4.66. The summed E-state index contributed by atoms with van der Waals surface area (Å²) in [6.45, 7) is 0. The average molecular weight is 468 g/mol. The summed E-state index contributed by atoms with van der Waals surface area (Å²) in [6, 6.07) is 18.1. The van der Waals surface area contributed by atoms with Crippen molar-refractivity contribution in [2.45, 2.75) is 18.2 Å². The van der Waals surface area contributed by atoms with Crippen LogP contribution in [0, 0.1) is 5.92 Å². The van der Waals surface area contributed by atoms with Gasteiger partial charge in [-0.05, 0) is 11.1 Å². The van der Waals surface area contributed by atoms with Crippen molar-refractivity contribution in [3.63, 3.8) is 0 Å². The first kappa shape index (κ1) is 22.4. The average Bonchev–Trinajstić information content (AvgIpc) is 2.81. The third-order valence-corrected chi connectivity index (χ3v) is 7.83. The first-order valence-corrected chi connectivity index (χ1v) is 12.2. The van der Waals surface area contributed by atoms with Gasteiger partial charge < -0.3 is 5.11 Å². The smallest absolute Gasteiger partial charge is 0.352 e. The molecule has 1 N–H and O–H groups in total. The highest BCUT2D eigenvalue weighted by molar-refractivity contribution is 8.14. The zero-order valence-corrected chi connectivity index (χ0v) is 18.7. The minimum atomic E-state index is -1.18. The van der Waals surface area contributed by atoms with Crippen molar-refractivity contribution in [3.05, 3.63) is 83.1 Å². The molecule has 0 radical (unpaired) electrons. The van der Waals surface area contributed by atoms with E-state index in [0.29, 0.717) is 16.9 Å². The summed E-state index contributed by atoms with van der Waals surface area (Å²) in [7, 11) is 0. The van der Waals surface area contributed by atoms with Gasteiger partial charge in [0.1, 0.15) is 11.5 Å². The first-order valence-electron chi connectivity index (χ1n) is 10.1. The Labute approximate surface area is 194 Å². The molecule has 2 aliphatic heterocycles. The van der Waals surface area contributed by atoms with Crippen molar-refractivity contribution >= 4 is 46.3 Å². The topological polar surface area (TPSA) is 91.8 Å². The molecule has 2 aromatic carbocycles. The lowest BCUT2D eigenvalue weighted by Crippen LogP contribution is -2.62. The van der Waals surface area contributed by atoms with Crippen molar-refractivity contribution in [1.82, 2.24) is 4.90 Å². The van der Waals surface area contributed by atoms with E-state index in [4.69, 9.17) is 0 Å². The number of hydrogen-bond donors (Lipinski definition) is 1. The number of benzene rings is 2. The van der Waals surface area contributed by atoms with Gasteiger partial charge >= 0.3 is 5.97 Å². The number of carboxylic acid groups (broad SMARTS) is 1. The molecule has 0 aliphatic carbocycles. The highest BCUT2D eigenvalue weighted by Crippen LogP contribution is 2.45. The van der Waals surface area contributed by atoms with E-state index in [1.807, 2.05) is 36.4 Å². The number of carboxylic acids is 1. The summed E-state index contributed by atoms with van der Waals surface area (Å²) in [5.74, 6) is -1.44. The van der Waals surface area contributed by atoms with Gasteiger partial charge in [-0.3, -0.25) is 19.3 Å². The Hall–Kier alpha value is -2.84. The second-order valence-electron chi connectivity index (χ2n) is 7.62. The number of aliphatic carboxylic acids is 1. The van der Waals surface area contributed by atoms with Crippen LogP contribution in [0.15, 0.2) is 71.9 Å². The number of amides is 1. The van der Waals surface area contributed by atoms with Crippen molar-refractivity contribution in [3.8, 4) is 0 Å². The van der Waals surface area contributed by atoms with E-state index in [9.17, 15) is 24.3 Å². The van der Waals surface area contributed by atoms with Crippen LogP contribution in [0.2, 0.25) is 0 Å². The predicted octanol–water partition coefficient (Wildman–Crippen LogP) is 3.63. The largest absolute Gasteiger partial charge is 0.477 e. The van der Waals surface area contributed by atoms with Gasteiger partial charge in [0, 0.05) is 29.9 Å². The van der Waals surface area contributed by atoms with Gasteiger partial charge in [0.25, 0.3) is 0 Å². The fourth-order valence-corrected chi connectivity index (χ4v) is 6.27. The van der Waals surface area contributed by atoms with E-state index in [-0.39, 0.29) is 46.5 Å². The highest BCUT2D eigenvalue weighted by atomic mass is 32.2. The number of hydrogen-bond acceptors (Lipinski definition) is 6. The Morgan fingerprint density at radius 1 is 1.03 bits per heavy atom. The molecule has 32 heavy (non-hydrogen) atoms. The van der Waals surface area contributed by atoms with Gasteiger partial charge in [0.05, 0.1) is 11.3 Å². The van der Waals surface area contributed by atoms with E-state index >= 15 is 0 Å².